The summed E-state index contributed by atoms with van der Waals surface area (Å²) in [5.41, 5.74) is 5.63. The fraction of sp³-hybridized carbons (Fsp3) is 0.400. The van der Waals surface area contributed by atoms with E-state index in [-0.39, 0.29) is 5.91 Å². The van der Waals surface area contributed by atoms with Gasteiger partial charge in [-0.05, 0) is 57.5 Å². The van der Waals surface area contributed by atoms with E-state index in [1.165, 1.54) is 0 Å². The molecule has 0 spiro atoms. The SMILES string of the molecule is C[C@H](Oc1ccc(C#N)cc1)C(=O)NNC(=S)NCCN(C)C. The molecule has 1 amide bonds. The van der Waals surface area contributed by atoms with Crippen LogP contribution in [0, 0.1) is 11.3 Å². The van der Waals surface area contributed by atoms with E-state index in [2.05, 4.69) is 16.2 Å². The maximum atomic E-state index is 11.9. The highest BCUT2D eigenvalue weighted by atomic mass is 32.1. The molecule has 23 heavy (non-hydrogen) atoms. The van der Waals surface area contributed by atoms with E-state index in [0.29, 0.717) is 23.0 Å². The Kier molecular flexibility index (Phi) is 7.80. The fourth-order valence-corrected chi connectivity index (χ4v) is 1.68. The second-order valence-electron chi connectivity index (χ2n) is 5.07. The van der Waals surface area contributed by atoms with Crippen molar-refractivity contribution < 1.29 is 9.53 Å². The number of rotatable bonds is 6. The van der Waals surface area contributed by atoms with Gasteiger partial charge >= 0.3 is 0 Å². The third kappa shape index (κ3) is 7.44. The third-order valence-electron chi connectivity index (χ3n) is 2.81. The number of likely N-dealkylation sites (N-methyl/N-ethyl adjacent to an activating group) is 1. The van der Waals surface area contributed by atoms with E-state index >= 15 is 0 Å². The van der Waals surface area contributed by atoms with Gasteiger partial charge < -0.3 is 15.0 Å². The summed E-state index contributed by atoms with van der Waals surface area (Å²) in [7, 11) is 3.92. The molecule has 0 fully saturated rings. The molecule has 0 aliphatic rings. The molecule has 1 aromatic carbocycles. The quantitative estimate of drug-likeness (QED) is 0.512. The number of nitrogens with zero attached hydrogens (tertiary/aromatic N) is 2. The summed E-state index contributed by atoms with van der Waals surface area (Å²) in [6, 6.07) is 8.56. The van der Waals surface area contributed by atoms with Gasteiger partial charge in [-0.15, -0.1) is 0 Å². The number of carbonyl (C=O) groups is 1. The maximum absolute atomic E-state index is 11.9. The molecule has 0 aromatic heterocycles. The number of carbonyl (C=O) groups excluding carboxylic acids is 1. The van der Waals surface area contributed by atoms with Gasteiger partial charge in [-0.3, -0.25) is 15.6 Å². The van der Waals surface area contributed by atoms with Crippen molar-refractivity contribution in [2.24, 2.45) is 0 Å². The third-order valence-corrected chi connectivity index (χ3v) is 3.06. The minimum atomic E-state index is -0.708. The first-order valence-corrected chi connectivity index (χ1v) is 7.48. The molecule has 1 rings (SSSR count). The molecule has 124 valence electrons. The molecule has 1 aromatic rings. The van der Waals surface area contributed by atoms with E-state index in [1.54, 1.807) is 31.2 Å². The molecule has 0 radical (unpaired) electrons. The number of thiocarbonyl (C=S) groups is 1. The lowest BCUT2D eigenvalue weighted by Crippen LogP contribution is -2.51. The van der Waals surface area contributed by atoms with Crippen molar-refractivity contribution in [3.63, 3.8) is 0 Å². The lowest BCUT2D eigenvalue weighted by atomic mass is 10.2. The van der Waals surface area contributed by atoms with Crippen molar-refractivity contribution in [1.29, 1.82) is 5.26 Å². The van der Waals surface area contributed by atoms with E-state index < -0.39 is 6.10 Å². The zero-order valence-corrected chi connectivity index (χ0v) is 14.2. The highest BCUT2D eigenvalue weighted by molar-refractivity contribution is 7.80. The van der Waals surface area contributed by atoms with Crippen LogP contribution in [-0.4, -0.2) is 49.2 Å². The van der Waals surface area contributed by atoms with Crippen LogP contribution < -0.4 is 20.9 Å². The molecule has 3 N–H and O–H groups in total. The van der Waals surface area contributed by atoms with Crippen LogP contribution in [0.25, 0.3) is 0 Å². The van der Waals surface area contributed by atoms with Crippen molar-refractivity contribution in [2.75, 3.05) is 27.2 Å². The molecule has 0 aliphatic heterocycles. The minimum Gasteiger partial charge on any atom is -0.481 e. The largest absolute Gasteiger partial charge is 0.481 e. The Labute approximate surface area is 141 Å². The maximum Gasteiger partial charge on any atom is 0.279 e. The molecule has 0 bridgehead atoms. The van der Waals surface area contributed by atoms with Crippen molar-refractivity contribution >= 4 is 23.2 Å². The zero-order valence-electron chi connectivity index (χ0n) is 13.4. The Morgan fingerprint density at radius 2 is 2.00 bits per heavy atom. The predicted octanol–water partition coefficient (Wildman–Crippen LogP) is 0.382. The van der Waals surface area contributed by atoms with Gasteiger partial charge in [0.25, 0.3) is 5.91 Å². The van der Waals surface area contributed by atoms with Gasteiger partial charge in [-0.1, -0.05) is 0 Å². The van der Waals surface area contributed by atoms with Crippen LogP contribution in [0.3, 0.4) is 0 Å². The van der Waals surface area contributed by atoms with Gasteiger partial charge in [-0.25, -0.2) is 0 Å². The minimum absolute atomic E-state index is 0.339. The number of hydrogen-bond acceptors (Lipinski definition) is 5. The van der Waals surface area contributed by atoms with Crippen molar-refractivity contribution in [2.45, 2.75) is 13.0 Å². The predicted molar refractivity (Wildman–Crippen MR) is 91.7 cm³/mol. The molecule has 1 atom stereocenters. The first-order valence-electron chi connectivity index (χ1n) is 7.07. The van der Waals surface area contributed by atoms with Crippen molar-refractivity contribution in [3.8, 4) is 11.8 Å². The van der Waals surface area contributed by atoms with Crippen LogP contribution in [-0.2, 0) is 4.79 Å². The lowest BCUT2D eigenvalue weighted by molar-refractivity contribution is -0.127. The van der Waals surface area contributed by atoms with Gasteiger partial charge in [0, 0.05) is 13.1 Å². The van der Waals surface area contributed by atoms with Crippen LogP contribution in [0.2, 0.25) is 0 Å². The van der Waals surface area contributed by atoms with Crippen LogP contribution in [0.5, 0.6) is 5.75 Å². The number of hydrogen-bond donors (Lipinski definition) is 3. The normalized spacial score (nSPS) is 11.3. The topological polar surface area (TPSA) is 89.4 Å². The highest BCUT2D eigenvalue weighted by Crippen LogP contribution is 2.13. The summed E-state index contributed by atoms with van der Waals surface area (Å²) in [6.45, 7) is 3.12. The fourth-order valence-electron chi connectivity index (χ4n) is 1.52. The average Bonchev–Trinajstić information content (AvgIpc) is 2.52. The van der Waals surface area contributed by atoms with Gasteiger partial charge in [0.05, 0.1) is 11.6 Å². The smallest absolute Gasteiger partial charge is 0.279 e. The van der Waals surface area contributed by atoms with E-state index in [0.717, 1.165) is 6.54 Å². The molecule has 0 saturated carbocycles. The number of nitriles is 1. The molecule has 0 heterocycles. The summed E-state index contributed by atoms with van der Waals surface area (Å²) in [5.74, 6) is 0.157. The highest BCUT2D eigenvalue weighted by Gasteiger charge is 2.14. The molecule has 0 saturated heterocycles. The number of amides is 1. The monoisotopic (exact) mass is 335 g/mol. The Bertz CT molecular complexity index is 568. The molecule has 0 aliphatic carbocycles. The average molecular weight is 335 g/mol. The summed E-state index contributed by atoms with van der Waals surface area (Å²) in [5, 5.41) is 12.0. The summed E-state index contributed by atoms with van der Waals surface area (Å²) < 4.78 is 5.49. The van der Waals surface area contributed by atoms with Crippen LogP contribution in [0.1, 0.15) is 12.5 Å². The van der Waals surface area contributed by atoms with Gasteiger partial charge in [0.2, 0.25) is 0 Å². The Morgan fingerprint density at radius 1 is 1.35 bits per heavy atom. The number of nitrogens with one attached hydrogen (secondary N) is 3. The van der Waals surface area contributed by atoms with Gasteiger partial charge in [-0.2, -0.15) is 5.26 Å². The molecule has 7 nitrogen and oxygen atoms in total. The Morgan fingerprint density at radius 3 is 2.57 bits per heavy atom. The summed E-state index contributed by atoms with van der Waals surface area (Å²) >= 11 is 5.04. The molecular formula is C15H21N5O2S. The van der Waals surface area contributed by atoms with E-state index in [9.17, 15) is 4.79 Å². The van der Waals surface area contributed by atoms with Crippen molar-refractivity contribution in [1.82, 2.24) is 21.1 Å². The molecular weight excluding hydrogens is 314 g/mol. The van der Waals surface area contributed by atoms with Crippen LogP contribution >= 0.6 is 12.2 Å². The van der Waals surface area contributed by atoms with Gasteiger partial charge in [0.1, 0.15) is 5.75 Å². The number of ether oxygens (including phenoxy) is 1. The zero-order chi connectivity index (χ0) is 17.2. The molecule has 0 unspecified atom stereocenters. The standard InChI is InChI=1S/C15H21N5O2S/c1-11(22-13-6-4-12(10-16)5-7-13)14(21)18-19-15(23)17-8-9-20(2)3/h4-7,11H,8-9H2,1-3H3,(H,18,21)(H2,17,19,23)/t11-/m0/s1. The van der Waals surface area contributed by atoms with E-state index in [4.69, 9.17) is 22.2 Å². The van der Waals surface area contributed by atoms with E-state index in [1.807, 2.05) is 25.1 Å². The summed E-state index contributed by atoms with van der Waals surface area (Å²) in [4.78, 5) is 13.9. The molecule has 8 heteroatoms. The lowest BCUT2D eigenvalue weighted by Gasteiger charge is -2.17. The van der Waals surface area contributed by atoms with Crippen molar-refractivity contribution in [3.05, 3.63) is 29.8 Å². The van der Waals surface area contributed by atoms with Gasteiger partial charge in [0.15, 0.2) is 11.2 Å². The second kappa shape index (κ2) is 9.61. The first kappa shape index (κ1) is 18.7. The Hall–Kier alpha value is -2.37. The Balaban J connectivity index is 2.33. The van der Waals surface area contributed by atoms with Crippen LogP contribution in [0.4, 0.5) is 0 Å². The second-order valence-corrected chi connectivity index (χ2v) is 5.48. The number of benzene rings is 1. The number of hydrazine groups is 1. The summed E-state index contributed by atoms with van der Waals surface area (Å²) in [6.07, 6.45) is -0.708. The first-order chi connectivity index (χ1) is 10.9. The van der Waals surface area contributed by atoms with Crippen LogP contribution in [0.15, 0.2) is 24.3 Å².